The number of carbonyl (C=O) groups excluding carboxylic acids is 1. The first-order chi connectivity index (χ1) is 9.97. The number of carbonyl (C=O) groups is 1. The van der Waals surface area contributed by atoms with Crippen molar-refractivity contribution in [2.75, 3.05) is 18.4 Å². The van der Waals surface area contributed by atoms with Crippen LogP contribution in [0.25, 0.3) is 0 Å². The second-order valence-electron chi connectivity index (χ2n) is 6.26. The second-order valence-corrected chi connectivity index (χ2v) is 6.26. The van der Waals surface area contributed by atoms with Crippen molar-refractivity contribution in [1.82, 2.24) is 4.90 Å². The van der Waals surface area contributed by atoms with Crippen molar-refractivity contribution >= 4 is 11.6 Å². The van der Waals surface area contributed by atoms with Crippen LogP contribution in [-0.2, 0) is 9.53 Å². The van der Waals surface area contributed by atoms with Crippen LogP contribution in [0.3, 0.4) is 0 Å². The summed E-state index contributed by atoms with van der Waals surface area (Å²) in [5.74, 6) is 0.323. The molecule has 1 aromatic carbocycles. The van der Waals surface area contributed by atoms with Crippen molar-refractivity contribution < 1.29 is 9.53 Å². The number of amides is 1. The summed E-state index contributed by atoms with van der Waals surface area (Å²) < 4.78 is 5.77. The largest absolute Gasteiger partial charge is 0.373 e. The van der Waals surface area contributed by atoms with E-state index in [0.29, 0.717) is 0 Å². The van der Waals surface area contributed by atoms with Crippen LogP contribution >= 0.6 is 0 Å². The van der Waals surface area contributed by atoms with E-state index in [1.165, 1.54) is 0 Å². The van der Waals surface area contributed by atoms with E-state index in [1.807, 2.05) is 30.3 Å². The lowest BCUT2D eigenvalue weighted by Crippen LogP contribution is -2.55. The van der Waals surface area contributed by atoms with Gasteiger partial charge in [0.25, 0.3) is 0 Å². The fourth-order valence-corrected chi connectivity index (χ4v) is 3.07. The van der Waals surface area contributed by atoms with Crippen molar-refractivity contribution in [2.45, 2.75) is 45.9 Å². The van der Waals surface area contributed by atoms with Crippen LogP contribution in [0.15, 0.2) is 30.3 Å². The maximum absolute atomic E-state index is 12.7. The summed E-state index contributed by atoms with van der Waals surface area (Å²) in [4.78, 5) is 14.9. The van der Waals surface area contributed by atoms with Gasteiger partial charge in [-0.2, -0.15) is 0 Å². The highest BCUT2D eigenvalue weighted by molar-refractivity contribution is 5.95. The van der Waals surface area contributed by atoms with Crippen molar-refractivity contribution in [1.29, 1.82) is 0 Å². The number of morpholine rings is 1. The Morgan fingerprint density at radius 3 is 2.29 bits per heavy atom. The summed E-state index contributed by atoms with van der Waals surface area (Å²) in [5.41, 5.74) is 0.850. The first kappa shape index (κ1) is 16.0. The zero-order valence-corrected chi connectivity index (χ0v) is 13.4. The van der Waals surface area contributed by atoms with E-state index in [-0.39, 0.29) is 30.1 Å². The van der Waals surface area contributed by atoms with Crippen molar-refractivity contribution in [3.8, 4) is 0 Å². The summed E-state index contributed by atoms with van der Waals surface area (Å²) in [6.45, 7) is 9.93. The minimum Gasteiger partial charge on any atom is -0.373 e. The van der Waals surface area contributed by atoms with Crippen LogP contribution in [0.4, 0.5) is 5.69 Å². The van der Waals surface area contributed by atoms with Crippen LogP contribution < -0.4 is 5.32 Å². The molecule has 1 aliphatic heterocycles. The number of para-hydroxylation sites is 1. The Bertz CT molecular complexity index is 451. The molecule has 1 amide bonds. The SMILES string of the molecule is CC1CN(C(C(=O)Nc2ccccc2)C(C)C)CC(C)O1. The number of benzene rings is 1. The van der Waals surface area contributed by atoms with E-state index in [4.69, 9.17) is 4.74 Å². The average Bonchev–Trinajstić information content (AvgIpc) is 2.38. The van der Waals surface area contributed by atoms with Gasteiger partial charge in [0.2, 0.25) is 5.91 Å². The zero-order valence-electron chi connectivity index (χ0n) is 13.4. The molecule has 3 atom stereocenters. The molecule has 0 bridgehead atoms. The van der Waals surface area contributed by atoms with Crippen LogP contribution in [0.1, 0.15) is 27.7 Å². The van der Waals surface area contributed by atoms with Gasteiger partial charge in [-0.3, -0.25) is 9.69 Å². The Labute approximate surface area is 127 Å². The molecule has 1 aliphatic rings. The van der Waals surface area contributed by atoms with E-state index in [0.717, 1.165) is 18.8 Å². The molecule has 1 fully saturated rings. The molecule has 1 saturated heterocycles. The van der Waals surface area contributed by atoms with Crippen molar-refractivity contribution in [3.05, 3.63) is 30.3 Å². The summed E-state index contributed by atoms with van der Waals surface area (Å²) >= 11 is 0. The smallest absolute Gasteiger partial charge is 0.241 e. The minimum atomic E-state index is -0.126. The first-order valence-corrected chi connectivity index (χ1v) is 7.72. The van der Waals surface area contributed by atoms with Gasteiger partial charge in [-0.25, -0.2) is 0 Å². The molecule has 0 aliphatic carbocycles. The molecule has 1 aromatic rings. The third kappa shape index (κ3) is 4.29. The van der Waals surface area contributed by atoms with Gasteiger partial charge in [-0.05, 0) is 31.9 Å². The topological polar surface area (TPSA) is 41.6 Å². The molecule has 1 heterocycles. The number of ether oxygens (including phenoxy) is 1. The predicted molar refractivity (Wildman–Crippen MR) is 85.3 cm³/mol. The highest BCUT2D eigenvalue weighted by Crippen LogP contribution is 2.20. The highest BCUT2D eigenvalue weighted by Gasteiger charge is 2.34. The van der Waals surface area contributed by atoms with Gasteiger partial charge in [0, 0.05) is 18.8 Å². The van der Waals surface area contributed by atoms with E-state index in [1.54, 1.807) is 0 Å². The maximum atomic E-state index is 12.7. The number of rotatable bonds is 4. The third-order valence-corrected chi connectivity index (χ3v) is 3.78. The standard InChI is InChI=1S/C17H26N2O2/c1-12(2)16(19-10-13(3)21-14(4)11-19)17(20)18-15-8-6-5-7-9-15/h5-9,12-14,16H,10-11H2,1-4H3,(H,18,20). The summed E-state index contributed by atoms with van der Waals surface area (Å²) in [6.07, 6.45) is 0.332. The van der Waals surface area contributed by atoms with E-state index in [9.17, 15) is 4.79 Å². The minimum absolute atomic E-state index is 0.0671. The van der Waals surface area contributed by atoms with Crippen molar-refractivity contribution in [2.24, 2.45) is 5.92 Å². The number of nitrogens with one attached hydrogen (secondary N) is 1. The molecule has 2 rings (SSSR count). The Hall–Kier alpha value is -1.39. The molecule has 0 spiro atoms. The van der Waals surface area contributed by atoms with Gasteiger partial charge in [0.1, 0.15) is 0 Å². The fraction of sp³-hybridized carbons (Fsp3) is 0.588. The molecule has 1 N–H and O–H groups in total. The lowest BCUT2D eigenvalue weighted by Gasteiger charge is -2.41. The molecule has 0 aromatic heterocycles. The molecule has 116 valence electrons. The van der Waals surface area contributed by atoms with Crippen molar-refractivity contribution in [3.63, 3.8) is 0 Å². The predicted octanol–water partition coefficient (Wildman–Crippen LogP) is 2.76. The van der Waals surface area contributed by atoms with Crippen LogP contribution in [0.5, 0.6) is 0 Å². The monoisotopic (exact) mass is 290 g/mol. The van der Waals surface area contributed by atoms with Gasteiger partial charge in [0.15, 0.2) is 0 Å². The molecular formula is C17H26N2O2. The number of hydrogen-bond donors (Lipinski definition) is 1. The van der Waals surface area contributed by atoms with Gasteiger partial charge < -0.3 is 10.1 Å². The maximum Gasteiger partial charge on any atom is 0.241 e. The second kappa shape index (κ2) is 7.05. The van der Waals surface area contributed by atoms with Gasteiger partial charge in [-0.15, -0.1) is 0 Å². The lowest BCUT2D eigenvalue weighted by molar-refractivity contribution is -0.130. The average molecular weight is 290 g/mol. The molecule has 4 nitrogen and oxygen atoms in total. The van der Waals surface area contributed by atoms with Gasteiger partial charge >= 0.3 is 0 Å². The third-order valence-electron chi connectivity index (χ3n) is 3.78. The summed E-state index contributed by atoms with van der Waals surface area (Å²) in [6, 6.07) is 9.51. The van der Waals surface area contributed by atoms with E-state index in [2.05, 4.69) is 37.9 Å². The van der Waals surface area contributed by atoms with E-state index < -0.39 is 0 Å². The highest BCUT2D eigenvalue weighted by atomic mass is 16.5. The quantitative estimate of drug-likeness (QED) is 0.927. The Kier molecular flexibility index (Phi) is 5.37. The molecule has 3 unspecified atom stereocenters. The van der Waals surface area contributed by atoms with Crippen LogP contribution in [0, 0.1) is 5.92 Å². The fourth-order valence-electron chi connectivity index (χ4n) is 3.07. The first-order valence-electron chi connectivity index (χ1n) is 7.72. The Balaban J connectivity index is 2.09. The van der Waals surface area contributed by atoms with Gasteiger partial charge in [-0.1, -0.05) is 32.0 Å². The summed E-state index contributed by atoms with van der Waals surface area (Å²) in [5, 5.41) is 3.03. The Morgan fingerprint density at radius 1 is 1.19 bits per heavy atom. The van der Waals surface area contributed by atoms with Gasteiger partial charge in [0.05, 0.1) is 18.2 Å². The van der Waals surface area contributed by atoms with Crippen LogP contribution in [-0.4, -0.2) is 42.1 Å². The number of hydrogen-bond acceptors (Lipinski definition) is 3. The normalized spacial score (nSPS) is 24.8. The molecule has 21 heavy (non-hydrogen) atoms. The van der Waals surface area contributed by atoms with E-state index >= 15 is 0 Å². The number of anilines is 1. The molecular weight excluding hydrogens is 264 g/mol. The zero-order chi connectivity index (χ0) is 15.4. The summed E-state index contributed by atoms with van der Waals surface area (Å²) in [7, 11) is 0. The lowest BCUT2D eigenvalue weighted by atomic mass is 9.99. The molecule has 4 heteroatoms. The number of nitrogens with zero attached hydrogens (tertiary/aromatic N) is 1. The Morgan fingerprint density at radius 2 is 1.76 bits per heavy atom. The van der Waals surface area contributed by atoms with Crippen LogP contribution in [0.2, 0.25) is 0 Å². The molecule has 0 radical (unpaired) electrons. The molecule has 0 saturated carbocycles.